The number of methoxy groups -OCH3 is 1. The zero-order valence-corrected chi connectivity index (χ0v) is 17.9. The fourth-order valence-electron chi connectivity index (χ4n) is 4.21. The standard InChI is InChI=1S/C22H35ClN2O3/c1-27-21-8-12-25(13-9-21)15-18-14-19(23)6-7-22(18)28-17-20(26)16-24-10-4-2-3-5-11-24/h6-7,14,20-21,26H,2-5,8-13,15-17H2,1H3. The van der Waals surface area contributed by atoms with Gasteiger partial charge in [-0.25, -0.2) is 0 Å². The van der Waals surface area contributed by atoms with Crippen LogP contribution in [-0.4, -0.2) is 73.6 Å². The Morgan fingerprint density at radius 2 is 1.79 bits per heavy atom. The third-order valence-corrected chi connectivity index (χ3v) is 6.12. The number of likely N-dealkylation sites (tertiary alicyclic amines) is 2. The van der Waals surface area contributed by atoms with E-state index in [2.05, 4.69) is 9.80 Å². The summed E-state index contributed by atoms with van der Waals surface area (Å²) in [5.74, 6) is 0.827. The maximum atomic E-state index is 10.5. The molecule has 1 atom stereocenters. The van der Waals surface area contributed by atoms with Crippen LogP contribution in [0.3, 0.4) is 0 Å². The predicted molar refractivity (Wildman–Crippen MR) is 113 cm³/mol. The number of hydrogen-bond donors (Lipinski definition) is 1. The molecule has 28 heavy (non-hydrogen) atoms. The van der Waals surface area contributed by atoms with Gasteiger partial charge in [0.2, 0.25) is 0 Å². The molecule has 2 heterocycles. The van der Waals surface area contributed by atoms with E-state index in [0.717, 1.165) is 61.9 Å². The first-order valence-electron chi connectivity index (χ1n) is 10.7. The van der Waals surface area contributed by atoms with Crippen molar-refractivity contribution in [2.45, 2.75) is 57.3 Å². The molecular weight excluding hydrogens is 376 g/mol. The van der Waals surface area contributed by atoms with Crippen molar-refractivity contribution in [1.29, 1.82) is 0 Å². The van der Waals surface area contributed by atoms with E-state index >= 15 is 0 Å². The molecule has 0 bridgehead atoms. The number of aliphatic hydroxyl groups is 1. The Hall–Kier alpha value is -0.850. The molecule has 1 unspecified atom stereocenters. The van der Waals surface area contributed by atoms with Gasteiger partial charge in [0, 0.05) is 43.9 Å². The molecule has 2 fully saturated rings. The molecule has 1 N–H and O–H groups in total. The van der Waals surface area contributed by atoms with Crippen LogP contribution < -0.4 is 4.74 Å². The van der Waals surface area contributed by atoms with Crippen molar-refractivity contribution in [3.05, 3.63) is 28.8 Å². The Morgan fingerprint density at radius 3 is 2.46 bits per heavy atom. The number of benzene rings is 1. The molecule has 3 rings (SSSR count). The molecule has 1 aromatic rings. The Kier molecular flexibility index (Phi) is 8.87. The number of aliphatic hydroxyl groups excluding tert-OH is 1. The first-order chi connectivity index (χ1) is 13.6. The van der Waals surface area contributed by atoms with Crippen LogP contribution in [0.5, 0.6) is 5.75 Å². The largest absolute Gasteiger partial charge is 0.491 e. The molecule has 0 radical (unpaired) electrons. The van der Waals surface area contributed by atoms with Gasteiger partial charge in [-0.1, -0.05) is 24.4 Å². The highest BCUT2D eigenvalue weighted by Gasteiger charge is 2.20. The summed E-state index contributed by atoms with van der Waals surface area (Å²) in [5, 5.41) is 11.2. The van der Waals surface area contributed by atoms with E-state index < -0.39 is 6.10 Å². The summed E-state index contributed by atoms with van der Waals surface area (Å²) in [6, 6.07) is 5.78. The van der Waals surface area contributed by atoms with Crippen LogP contribution in [0.25, 0.3) is 0 Å². The maximum absolute atomic E-state index is 10.5. The summed E-state index contributed by atoms with van der Waals surface area (Å²) < 4.78 is 11.5. The second-order valence-corrected chi connectivity index (χ2v) is 8.58. The number of β-amino-alcohol motifs (C(OH)–C–C–N with tert-alkyl or cyclic N) is 1. The van der Waals surface area contributed by atoms with E-state index in [1.165, 1.54) is 25.7 Å². The van der Waals surface area contributed by atoms with Gasteiger partial charge < -0.3 is 19.5 Å². The van der Waals surface area contributed by atoms with E-state index in [-0.39, 0.29) is 0 Å². The molecule has 6 heteroatoms. The Bertz CT molecular complexity index is 585. The first-order valence-corrected chi connectivity index (χ1v) is 11.1. The average Bonchev–Trinajstić information content (AvgIpc) is 2.96. The predicted octanol–water partition coefficient (Wildman–Crippen LogP) is 3.57. The molecule has 0 saturated carbocycles. The highest BCUT2D eigenvalue weighted by molar-refractivity contribution is 6.30. The molecule has 1 aromatic carbocycles. The summed E-state index contributed by atoms with van der Waals surface area (Å²) in [5.41, 5.74) is 1.09. The first kappa shape index (κ1) is 21.8. The SMILES string of the molecule is COC1CCN(Cc2cc(Cl)ccc2OCC(O)CN2CCCCCC2)CC1. The van der Waals surface area contributed by atoms with Crippen LogP contribution in [-0.2, 0) is 11.3 Å². The van der Waals surface area contributed by atoms with Crippen molar-refractivity contribution >= 4 is 11.6 Å². The summed E-state index contributed by atoms with van der Waals surface area (Å²) >= 11 is 6.24. The van der Waals surface area contributed by atoms with Gasteiger partial charge >= 0.3 is 0 Å². The molecule has 0 amide bonds. The van der Waals surface area contributed by atoms with Gasteiger partial charge in [0.1, 0.15) is 18.5 Å². The van der Waals surface area contributed by atoms with Gasteiger partial charge in [0.25, 0.3) is 0 Å². The van der Waals surface area contributed by atoms with Crippen LogP contribution in [0.2, 0.25) is 5.02 Å². The molecule has 0 aliphatic carbocycles. The van der Waals surface area contributed by atoms with Crippen LogP contribution in [0.15, 0.2) is 18.2 Å². The lowest BCUT2D eigenvalue weighted by atomic mass is 10.1. The van der Waals surface area contributed by atoms with Crippen LogP contribution in [0, 0.1) is 0 Å². The molecule has 5 nitrogen and oxygen atoms in total. The molecule has 2 aliphatic rings. The lowest BCUT2D eigenvalue weighted by molar-refractivity contribution is 0.0382. The Labute approximate surface area is 174 Å². The molecular formula is C22H35ClN2O3. The smallest absolute Gasteiger partial charge is 0.124 e. The van der Waals surface area contributed by atoms with Crippen molar-refractivity contribution in [3.63, 3.8) is 0 Å². The quantitative estimate of drug-likeness (QED) is 0.709. The minimum absolute atomic E-state index is 0.316. The second-order valence-electron chi connectivity index (χ2n) is 8.14. The molecule has 0 aromatic heterocycles. The fourth-order valence-corrected chi connectivity index (χ4v) is 4.41. The minimum atomic E-state index is -0.473. The maximum Gasteiger partial charge on any atom is 0.124 e. The molecule has 0 spiro atoms. The number of hydrogen-bond acceptors (Lipinski definition) is 5. The zero-order valence-electron chi connectivity index (χ0n) is 17.1. The monoisotopic (exact) mass is 410 g/mol. The van der Waals surface area contributed by atoms with Crippen molar-refractivity contribution in [1.82, 2.24) is 9.80 Å². The normalized spacial score (nSPS) is 21.4. The molecule has 2 aliphatic heterocycles. The third kappa shape index (κ3) is 6.89. The van der Waals surface area contributed by atoms with Gasteiger partial charge in [0.05, 0.1) is 6.10 Å². The number of ether oxygens (including phenoxy) is 2. The zero-order chi connectivity index (χ0) is 19.8. The highest BCUT2D eigenvalue weighted by atomic mass is 35.5. The number of halogens is 1. The lowest BCUT2D eigenvalue weighted by Gasteiger charge is -2.31. The summed E-state index contributed by atoms with van der Waals surface area (Å²) in [7, 11) is 1.79. The molecule has 2 saturated heterocycles. The van der Waals surface area contributed by atoms with Crippen molar-refractivity contribution in [2.75, 3.05) is 46.4 Å². The molecule has 158 valence electrons. The van der Waals surface area contributed by atoms with Crippen molar-refractivity contribution in [2.24, 2.45) is 0 Å². The second kappa shape index (κ2) is 11.4. The van der Waals surface area contributed by atoms with E-state index in [1.54, 1.807) is 7.11 Å². The van der Waals surface area contributed by atoms with Crippen molar-refractivity contribution in [3.8, 4) is 5.75 Å². The summed E-state index contributed by atoms with van der Waals surface area (Å²) in [6.45, 7) is 6.02. The van der Waals surface area contributed by atoms with Gasteiger partial charge in [-0.05, 0) is 57.0 Å². The fraction of sp³-hybridized carbons (Fsp3) is 0.727. The third-order valence-electron chi connectivity index (χ3n) is 5.88. The Balaban J connectivity index is 1.51. The van der Waals surface area contributed by atoms with E-state index in [4.69, 9.17) is 21.1 Å². The Morgan fingerprint density at radius 1 is 1.07 bits per heavy atom. The van der Waals surface area contributed by atoms with Crippen LogP contribution in [0.1, 0.15) is 44.1 Å². The van der Waals surface area contributed by atoms with E-state index in [9.17, 15) is 5.11 Å². The number of piperidine rings is 1. The topological polar surface area (TPSA) is 45.2 Å². The van der Waals surface area contributed by atoms with Crippen molar-refractivity contribution < 1.29 is 14.6 Å². The van der Waals surface area contributed by atoms with E-state index in [1.807, 2.05) is 18.2 Å². The minimum Gasteiger partial charge on any atom is -0.491 e. The average molecular weight is 411 g/mol. The lowest BCUT2D eigenvalue weighted by Crippen LogP contribution is -2.37. The number of rotatable bonds is 8. The summed E-state index contributed by atoms with van der Waals surface area (Å²) in [6.07, 6.45) is 7.09. The van der Waals surface area contributed by atoms with Gasteiger partial charge in [-0.2, -0.15) is 0 Å². The van der Waals surface area contributed by atoms with Gasteiger partial charge in [-0.15, -0.1) is 0 Å². The van der Waals surface area contributed by atoms with Crippen LogP contribution in [0.4, 0.5) is 0 Å². The van der Waals surface area contributed by atoms with E-state index in [0.29, 0.717) is 19.3 Å². The number of nitrogens with zero attached hydrogens (tertiary/aromatic N) is 2. The van der Waals surface area contributed by atoms with Gasteiger partial charge in [-0.3, -0.25) is 4.90 Å². The van der Waals surface area contributed by atoms with Gasteiger partial charge in [0.15, 0.2) is 0 Å². The summed E-state index contributed by atoms with van der Waals surface area (Å²) in [4.78, 5) is 4.78. The van der Waals surface area contributed by atoms with Crippen LogP contribution >= 0.6 is 11.6 Å². The highest BCUT2D eigenvalue weighted by Crippen LogP contribution is 2.26.